The number of rotatable bonds is 7. The van der Waals surface area contributed by atoms with Crippen LogP contribution >= 0.6 is 11.6 Å². The fourth-order valence-corrected chi connectivity index (χ4v) is 4.95. The summed E-state index contributed by atoms with van der Waals surface area (Å²) in [5.74, 6) is -8.01. The normalized spacial score (nSPS) is 15.9. The minimum Gasteiger partial charge on any atom is -0.612 e. The predicted molar refractivity (Wildman–Crippen MR) is 136 cm³/mol. The number of anilines is 4. The van der Waals surface area contributed by atoms with E-state index in [2.05, 4.69) is 20.6 Å². The molecular formula is C25H18ClF5N4O3S. The SMILES string of the molecule is C[S+]([O-])c1c(F)c(F)c(F)c(F)c1Nc1cc2c(Nc3ccc(F)c(Cl)c3)ncnc2cc1O[C@H]1CCOC1. The second kappa shape index (κ2) is 11.0. The first kappa shape index (κ1) is 27.2. The van der Waals surface area contributed by atoms with Gasteiger partial charge in [0.1, 0.15) is 41.8 Å². The van der Waals surface area contributed by atoms with Crippen LogP contribution in [0.5, 0.6) is 5.75 Å². The third-order valence-corrected chi connectivity index (χ3v) is 7.12. The van der Waals surface area contributed by atoms with Crippen molar-refractivity contribution in [3.63, 3.8) is 0 Å². The van der Waals surface area contributed by atoms with Gasteiger partial charge in [0.05, 0.1) is 29.4 Å². The molecule has 2 atom stereocenters. The van der Waals surface area contributed by atoms with Gasteiger partial charge in [0.15, 0.2) is 11.6 Å². The van der Waals surface area contributed by atoms with Gasteiger partial charge in [-0.05, 0) is 35.4 Å². The third-order valence-electron chi connectivity index (χ3n) is 5.87. The van der Waals surface area contributed by atoms with Crippen LogP contribution in [0, 0.1) is 29.1 Å². The van der Waals surface area contributed by atoms with Crippen LogP contribution in [0.25, 0.3) is 10.9 Å². The summed E-state index contributed by atoms with van der Waals surface area (Å²) in [5, 5.41) is 5.72. The highest BCUT2D eigenvalue weighted by Crippen LogP contribution is 2.40. The van der Waals surface area contributed by atoms with Crippen LogP contribution in [0.15, 0.2) is 41.6 Å². The van der Waals surface area contributed by atoms with Gasteiger partial charge < -0.3 is 24.7 Å². The summed E-state index contributed by atoms with van der Waals surface area (Å²) in [6.45, 7) is 0.706. The average molecular weight is 585 g/mol. The van der Waals surface area contributed by atoms with E-state index in [1.54, 1.807) is 0 Å². The van der Waals surface area contributed by atoms with E-state index in [-0.39, 0.29) is 28.9 Å². The lowest BCUT2D eigenvalue weighted by Crippen LogP contribution is -2.17. The lowest BCUT2D eigenvalue weighted by Gasteiger charge is -2.20. The maximum atomic E-state index is 14.9. The number of fused-ring (bicyclic) bond motifs is 1. The summed E-state index contributed by atoms with van der Waals surface area (Å²) in [7, 11) is 0. The van der Waals surface area contributed by atoms with Crippen molar-refractivity contribution in [1.29, 1.82) is 0 Å². The lowest BCUT2D eigenvalue weighted by atomic mass is 10.1. The molecule has 39 heavy (non-hydrogen) atoms. The first-order valence-electron chi connectivity index (χ1n) is 11.4. The van der Waals surface area contributed by atoms with Crippen molar-refractivity contribution < 1.29 is 36.0 Å². The van der Waals surface area contributed by atoms with Crippen molar-refractivity contribution in [2.24, 2.45) is 0 Å². The van der Waals surface area contributed by atoms with E-state index >= 15 is 0 Å². The summed E-state index contributed by atoms with van der Waals surface area (Å²) >= 11 is 3.62. The Balaban J connectivity index is 1.65. The first-order chi connectivity index (χ1) is 18.6. The molecule has 1 fully saturated rings. The molecule has 0 bridgehead atoms. The molecule has 0 amide bonds. The Hall–Kier alpha value is -3.39. The molecule has 1 aliphatic heterocycles. The third kappa shape index (κ3) is 5.39. The van der Waals surface area contributed by atoms with Crippen molar-refractivity contribution in [2.75, 3.05) is 30.1 Å². The molecule has 1 saturated heterocycles. The second-order valence-electron chi connectivity index (χ2n) is 8.48. The minimum absolute atomic E-state index is 0.0135. The Morgan fingerprint density at radius 3 is 2.49 bits per heavy atom. The Morgan fingerprint density at radius 1 is 1.03 bits per heavy atom. The number of aromatic nitrogens is 2. The molecule has 5 rings (SSSR count). The summed E-state index contributed by atoms with van der Waals surface area (Å²) in [5.41, 5.74) is -0.135. The molecule has 7 nitrogen and oxygen atoms in total. The van der Waals surface area contributed by atoms with Gasteiger partial charge in [0.25, 0.3) is 0 Å². The molecule has 4 aromatic rings. The fourth-order valence-electron chi connectivity index (χ4n) is 4.00. The van der Waals surface area contributed by atoms with Gasteiger partial charge in [-0.3, -0.25) is 0 Å². The van der Waals surface area contributed by atoms with Gasteiger partial charge in [-0.2, -0.15) is 4.39 Å². The molecule has 2 N–H and O–H groups in total. The number of nitrogens with one attached hydrogen (secondary N) is 2. The van der Waals surface area contributed by atoms with Crippen LogP contribution in [0.1, 0.15) is 6.42 Å². The molecule has 0 aliphatic carbocycles. The summed E-state index contributed by atoms with van der Waals surface area (Å²) in [4.78, 5) is 7.53. The number of nitrogens with zero attached hydrogens (tertiary/aromatic N) is 2. The number of hydrogen-bond donors (Lipinski definition) is 2. The topological polar surface area (TPSA) is 91.4 Å². The zero-order chi connectivity index (χ0) is 27.8. The van der Waals surface area contributed by atoms with E-state index in [0.29, 0.717) is 29.6 Å². The van der Waals surface area contributed by atoms with Crippen molar-refractivity contribution >= 4 is 56.6 Å². The molecular weight excluding hydrogens is 567 g/mol. The minimum atomic E-state index is -2.25. The second-order valence-corrected chi connectivity index (χ2v) is 10.2. The first-order valence-corrected chi connectivity index (χ1v) is 13.3. The van der Waals surface area contributed by atoms with Crippen LogP contribution in [0.4, 0.5) is 44.8 Å². The Bertz CT molecular complexity index is 1570. The maximum absolute atomic E-state index is 14.9. The van der Waals surface area contributed by atoms with E-state index in [4.69, 9.17) is 21.1 Å². The van der Waals surface area contributed by atoms with Crippen LogP contribution in [-0.2, 0) is 15.9 Å². The van der Waals surface area contributed by atoms with Gasteiger partial charge in [-0.25, -0.2) is 27.5 Å². The van der Waals surface area contributed by atoms with Gasteiger partial charge >= 0.3 is 0 Å². The van der Waals surface area contributed by atoms with E-state index < -0.39 is 56.9 Å². The summed E-state index contributed by atoms with van der Waals surface area (Å²) < 4.78 is 94.9. The highest BCUT2D eigenvalue weighted by atomic mass is 35.5. The average Bonchev–Trinajstić information content (AvgIpc) is 3.41. The quantitative estimate of drug-likeness (QED) is 0.113. The number of benzene rings is 3. The van der Waals surface area contributed by atoms with E-state index in [1.807, 2.05) is 0 Å². The maximum Gasteiger partial charge on any atom is 0.219 e. The molecule has 1 unspecified atom stereocenters. The number of halogens is 6. The predicted octanol–water partition coefficient (Wildman–Crippen LogP) is 6.37. The highest BCUT2D eigenvalue weighted by Gasteiger charge is 2.32. The Morgan fingerprint density at radius 2 is 1.79 bits per heavy atom. The zero-order valence-electron chi connectivity index (χ0n) is 20.0. The number of ether oxygens (including phenoxy) is 2. The lowest BCUT2D eigenvalue weighted by molar-refractivity contribution is 0.142. The van der Waals surface area contributed by atoms with Gasteiger partial charge in [0, 0.05) is 23.6 Å². The molecule has 3 aromatic carbocycles. The smallest absolute Gasteiger partial charge is 0.219 e. The van der Waals surface area contributed by atoms with Crippen LogP contribution in [0.3, 0.4) is 0 Å². The molecule has 0 spiro atoms. The standard InChI is InChI=1S/C25H18ClF5N4O3S/c1-39(36)24-22(31)20(29)19(28)21(30)23(24)35-17-7-13-16(8-18(17)38-12-4-5-37-9-12)32-10-33-25(13)34-11-2-3-15(27)14(26)6-11/h2-3,6-8,10,12,35H,4-5,9H2,1H3,(H,32,33,34)/t12-,39?/m0/s1. The largest absolute Gasteiger partial charge is 0.612 e. The molecule has 14 heteroatoms. The van der Waals surface area contributed by atoms with Gasteiger partial charge in [0.2, 0.25) is 16.5 Å². The van der Waals surface area contributed by atoms with Crippen molar-refractivity contribution in [2.45, 2.75) is 17.4 Å². The Kier molecular flexibility index (Phi) is 7.67. The molecule has 2 heterocycles. The zero-order valence-corrected chi connectivity index (χ0v) is 21.5. The highest BCUT2D eigenvalue weighted by molar-refractivity contribution is 7.90. The van der Waals surface area contributed by atoms with Gasteiger partial charge in [-0.1, -0.05) is 11.6 Å². The van der Waals surface area contributed by atoms with Crippen LogP contribution in [0.2, 0.25) is 5.02 Å². The summed E-state index contributed by atoms with van der Waals surface area (Å²) in [6, 6.07) is 6.81. The summed E-state index contributed by atoms with van der Waals surface area (Å²) in [6.07, 6.45) is 2.40. The molecule has 1 aromatic heterocycles. The van der Waals surface area contributed by atoms with E-state index in [9.17, 15) is 26.5 Å². The van der Waals surface area contributed by atoms with Crippen molar-refractivity contribution in [1.82, 2.24) is 9.97 Å². The molecule has 0 saturated carbocycles. The number of hydrogen-bond acceptors (Lipinski definition) is 7. The van der Waals surface area contributed by atoms with Gasteiger partial charge in [-0.15, -0.1) is 0 Å². The fraction of sp³-hybridized carbons (Fsp3) is 0.200. The van der Waals surface area contributed by atoms with Crippen LogP contribution < -0.4 is 15.4 Å². The van der Waals surface area contributed by atoms with E-state index in [0.717, 1.165) is 12.3 Å². The molecule has 1 aliphatic rings. The van der Waals surface area contributed by atoms with E-state index in [1.165, 1.54) is 30.6 Å². The van der Waals surface area contributed by atoms with Crippen molar-refractivity contribution in [3.05, 3.63) is 70.8 Å². The Labute approximate surface area is 226 Å². The molecule has 0 radical (unpaired) electrons. The monoisotopic (exact) mass is 584 g/mol. The van der Waals surface area contributed by atoms with Crippen molar-refractivity contribution in [3.8, 4) is 5.75 Å². The van der Waals surface area contributed by atoms with Crippen LogP contribution in [-0.4, -0.2) is 40.1 Å². The molecule has 204 valence electrons.